The molecule has 6 rings (SSSR count). The topological polar surface area (TPSA) is 91.6 Å². The van der Waals surface area contributed by atoms with Crippen LogP contribution in [0.2, 0.25) is 0 Å². The molecule has 7 nitrogen and oxygen atoms in total. The third kappa shape index (κ3) is 3.09. The molecule has 1 aliphatic carbocycles. The molecule has 1 saturated carbocycles. The molecule has 5 aromatic rings. The standard InChI is InChI=1S/C25H21FN6O/c1-14-5-4-6-16-11-17(32(25(33)20(14)16)19-8-3-2-7-18(19)26)12-31-24-21(23(27)28-13-29-24)22(30-31)15-9-10-15/h2-8,11,13,15H,9-10,12H2,1H3,(H2,27,28,29). The summed E-state index contributed by atoms with van der Waals surface area (Å²) in [4.78, 5) is 22.3. The van der Waals surface area contributed by atoms with E-state index in [4.69, 9.17) is 10.8 Å². The van der Waals surface area contributed by atoms with Gasteiger partial charge in [0.25, 0.3) is 5.56 Å². The molecule has 0 unspecified atom stereocenters. The van der Waals surface area contributed by atoms with Gasteiger partial charge in [-0.2, -0.15) is 5.10 Å². The van der Waals surface area contributed by atoms with Crippen molar-refractivity contribution in [2.45, 2.75) is 32.2 Å². The first kappa shape index (κ1) is 19.6. The van der Waals surface area contributed by atoms with Crippen molar-refractivity contribution in [1.82, 2.24) is 24.3 Å². The smallest absolute Gasteiger partial charge is 0.263 e. The number of hydrogen-bond acceptors (Lipinski definition) is 5. The van der Waals surface area contributed by atoms with Crippen LogP contribution in [0.5, 0.6) is 0 Å². The van der Waals surface area contributed by atoms with E-state index in [0.717, 1.165) is 34.9 Å². The zero-order valence-electron chi connectivity index (χ0n) is 18.0. The van der Waals surface area contributed by atoms with E-state index >= 15 is 0 Å². The molecule has 0 spiro atoms. The number of aromatic nitrogens is 5. The molecule has 8 heteroatoms. The number of rotatable bonds is 4. The molecule has 0 saturated heterocycles. The first-order chi connectivity index (χ1) is 16.0. The molecule has 0 atom stereocenters. The number of hydrogen-bond donors (Lipinski definition) is 1. The average Bonchev–Trinajstić information content (AvgIpc) is 3.57. The van der Waals surface area contributed by atoms with Crippen LogP contribution in [0.15, 0.2) is 59.7 Å². The van der Waals surface area contributed by atoms with Crippen molar-refractivity contribution in [3.8, 4) is 5.69 Å². The number of aryl methyl sites for hydroxylation is 1. The molecule has 1 aliphatic rings. The lowest BCUT2D eigenvalue weighted by atomic mass is 10.1. The fraction of sp³-hybridized carbons (Fsp3) is 0.200. The molecule has 1 fully saturated rings. The molecular formula is C25H21FN6O. The van der Waals surface area contributed by atoms with E-state index in [0.29, 0.717) is 28.5 Å². The summed E-state index contributed by atoms with van der Waals surface area (Å²) in [6.45, 7) is 2.12. The summed E-state index contributed by atoms with van der Waals surface area (Å²) >= 11 is 0. The van der Waals surface area contributed by atoms with E-state index in [1.807, 2.05) is 31.2 Å². The highest BCUT2D eigenvalue weighted by molar-refractivity contribution is 5.89. The average molecular weight is 440 g/mol. The molecule has 164 valence electrons. The van der Waals surface area contributed by atoms with Crippen molar-refractivity contribution < 1.29 is 4.39 Å². The van der Waals surface area contributed by atoms with Gasteiger partial charge in [0.15, 0.2) is 5.65 Å². The minimum atomic E-state index is -0.468. The summed E-state index contributed by atoms with van der Waals surface area (Å²) in [5, 5.41) is 6.95. The van der Waals surface area contributed by atoms with Crippen molar-refractivity contribution >= 4 is 27.6 Å². The second-order valence-corrected chi connectivity index (χ2v) is 8.54. The number of nitrogen functional groups attached to an aromatic ring is 1. The molecule has 33 heavy (non-hydrogen) atoms. The number of anilines is 1. The Morgan fingerprint density at radius 3 is 2.70 bits per heavy atom. The van der Waals surface area contributed by atoms with Gasteiger partial charge in [-0.1, -0.05) is 30.3 Å². The Morgan fingerprint density at radius 2 is 1.91 bits per heavy atom. The minimum absolute atomic E-state index is 0.204. The predicted octanol–water partition coefficient (Wildman–Crippen LogP) is 4.09. The Balaban J connectivity index is 1.63. The van der Waals surface area contributed by atoms with Gasteiger partial charge < -0.3 is 5.73 Å². The van der Waals surface area contributed by atoms with Gasteiger partial charge in [-0.15, -0.1) is 0 Å². The van der Waals surface area contributed by atoms with E-state index in [-0.39, 0.29) is 17.8 Å². The maximum Gasteiger partial charge on any atom is 0.263 e. The van der Waals surface area contributed by atoms with E-state index in [9.17, 15) is 9.18 Å². The summed E-state index contributed by atoms with van der Waals surface area (Å²) in [5.74, 6) is 0.271. The lowest BCUT2D eigenvalue weighted by Gasteiger charge is -2.16. The fourth-order valence-electron chi connectivity index (χ4n) is 4.57. The Kier molecular flexibility index (Phi) is 4.29. The molecule has 3 aromatic heterocycles. The number of nitrogens with two attached hydrogens (primary N) is 1. The highest BCUT2D eigenvalue weighted by atomic mass is 19.1. The maximum atomic E-state index is 14.9. The van der Waals surface area contributed by atoms with Crippen LogP contribution in [0.25, 0.3) is 27.5 Å². The van der Waals surface area contributed by atoms with Crippen molar-refractivity contribution in [3.63, 3.8) is 0 Å². The predicted molar refractivity (Wildman–Crippen MR) is 125 cm³/mol. The highest BCUT2D eigenvalue weighted by Crippen LogP contribution is 2.43. The third-order valence-corrected chi connectivity index (χ3v) is 6.29. The first-order valence-corrected chi connectivity index (χ1v) is 10.9. The molecule has 0 bridgehead atoms. The zero-order valence-corrected chi connectivity index (χ0v) is 18.0. The SMILES string of the molecule is Cc1cccc2cc(Cn3nc(C4CC4)c4c(N)ncnc43)n(-c3ccccc3F)c(=O)c12. The van der Waals surface area contributed by atoms with Crippen LogP contribution in [0.4, 0.5) is 10.2 Å². The Morgan fingerprint density at radius 1 is 1.09 bits per heavy atom. The number of pyridine rings is 1. The van der Waals surface area contributed by atoms with Gasteiger partial charge in [0, 0.05) is 11.6 Å². The second-order valence-electron chi connectivity index (χ2n) is 8.54. The lowest BCUT2D eigenvalue weighted by molar-refractivity contribution is 0.605. The third-order valence-electron chi connectivity index (χ3n) is 6.29. The highest BCUT2D eigenvalue weighted by Gasteiger charge is 2.31. The minimum Gasteiger partial charge on any atom is -0.383 e. The van der Waals surface area contributed by atoms with Gasteiger partial charge in [-0.3, -0.25) is 9.36 Å². The van der Waals surface area contributed by atoms with Crippen molar-refractivity contribution in [3.05, 3.63) is 88.0 Å². The van der Waals surface area contributed by atoms with Crippen molar-refractivity contribution in [1.29, 1.82) is 0 Å². The summed E-state index contributed by atoms with van der Waals surface area (Å²) < 4.78 is 18.1. The number of para-hydroxylation sites is 1. The van der Waals surface area contributed by atoms with E-state index in [1.165, 1.54) is 17.0 Å². The molecule has 0 radical (unpaired) electrons. The number of fused-ring (bicyclic) bond motifs is 2. The van der Waals surface area contributed by atoms with Crippen LogP contribution >= 0.6 is 0 Å². The van der Waals surface area contributed by atoms with E-state index in [2.05, 4.69) is 9.97 Å². The largest absolute Gasteiger partial charge is 0.383 e. The maximum absolute atomic E-state index is 14.9. The lowest BCUT2D eigenvalue weighted by Crippen LogP contribution is -2.25. The number of benzene rings is 2. The summed E-state index contributed by atoms with van der Waals surface area (Å²) in [5.41, 5.74) is 9.06. The first-order valence-electron chi connectivity index (χ1n) is 10.9. The Bertz CT molecular complexity index is 1620. The summed E-state index contributed by atoms with van der Waals surface area (Å²) in [7, 11) is 0. The van der Waals surface area contributed by atoms with Crippen LogP contribution < -0.4 is 11.3 Å². The number of halogens is 1. The molecular weight excluding hydrogens is 419 g/mol. The van der Waals surface area contributed by atoms with Gasteiger partial charge in [-0.05, 0) is 48.9 Å². The number of nitrogens with zero attached hydrogens (tertiary/aromatic N) is 5. The molecule has 2 N–H and O–H groups in total. The Labute approximate surface area is 188 Å². The van der Waals surface area contributed by atoms with Crippen molar-refractivity contribution in [2.75, 3.05) is 5.73 Å². The molecule has 2 aromatic carbocycles. The van der Waals surface area contributed by atoms with E-state index in [1.54, 1.807) is 22.9 Å². The summed E-state index contributed by atoms with van der Waals surface area (Å²) in [6, 6.07) is 13.9. The monoisotopic (exact) mass is 440 g/mol. The normalized spacial score (nSPS) is 13.8. The zero-order chi connectivity index (χ0) is 22.7. The van der Waals surface area contributed by atoms with Gasteiger partial charge in [0.05, 0.1) is 28.7 Å². The van der Waals surface area contributed by atoms with Gasteiger partial charge in [0.1, 0.15) is 18.0 Å². The van der Waals surface area contributed by atoms with Crippen LogP contribution in [-0.2, 0) is 6.54 Å². The van der Waals surface area contributed by atoms with Gasteiger partial charge >= 0.3 is 0 Å². The van der Waals surface area contributed by atoms with E-state index < -0.39 is 5.82 Å². The molecule has 3 heterocycles. The van der Waals surface area contributed by atoms with Crippen LogP contribution in [0.3, 0.4) is 0 Å². The summed E-state index contributed by atoms with van der Waals surface area (Å²) in [6.07, 6.45) is 3.52. The fourth-order valence-corrected chi connectivity index (χ4v) is 4.57. The molecule has 0 aliphatic heterocycles. The van der Waals surface area contributed by atoms with Crippen LogP contribution in [0, 0.1) is 12.7 Å². The van der Waals surface area contributed by atoms with Crippen LogP contribution in [-0.4, -0.2) is 24.3 Å². The molecule has 0 amide bonds. The second kappa shape index (κ2) is 7.23. The van der Waals surface area contributed by atoms with Crippen LogP contribution in [0.1, 0.15) is 35.7 Å². The van der Waals surface area contributed by atoms with Gasteiger partial charge in [0.2, 0.25) is 0 Å². The quantitative estimate of drug-likeness (QED) is 0.455. The van der Waals surface area contributed by atoms with Crippen molar-refractivity contribution in [2.24, 2.45) is 0 Å². The Hall–Kier alpha value is -4.07. The van der Waals surface area contributed by atoms with Gasteiger partial charge in [-0.25, -0.2) is 19.0 Å².